The number of carbonyl (C=O) groups excluding carboxylic acids is 8. The predicted molar refractivity (Wildman–Crippen MR) is 331 cm³/mol. The van der Waals surface area contributed by atoms with Crippen LogP contribution in [0.4, 0.5) is 0 Å². The average molecular weight is 1410 g/mol. The fraction of sp³-hybridized carbons (Fsp3) is 0.860. The molecule has 3 heterocycles. The first-order valence-electron chi connectivity index (χ1n) is 31.7. The first-order valence-corrected chi connectivity index (χ1v) is 34.5. The first-order chi connectivity index (χ1) is 45.1. The van der Waals surface area contributed by atoms with E-state index in [0.717, 1.165) is 0 Å². The Kier molecular flexibility index (Phi) is 37.2. The summed E-state index contributed by atoms with van der Waals surface area (Å²) < 4.78 is 56.4. The number of nitrogens with one attached hydrogen (secondary N) is 8. The van der Waals surface area contributed by atoms with Crippen molar-refractivity contribution in [3.8, 4) is 0 Å². The zero-order valence-corrected chi connectivity index (χ0v) is 56.0. The van der Waals surface area contributed by atoms with Crippen molar-refractivity contribution < 1.29 is 136 Å². The Morgan fingerprint density at radius 2 is 1.00 bits per heavy atom. The number of hydrogen-bond donors (Lipinski definition) is 18. The van der Waals surface area contributed by atoms with Crippen LogP contribution in [0.15, 0.2) is 0 Å². The minimum atomic E-state index is -3.09. The average Bonchev–Trinajstić information content (AvgIpc) is 0.806. The van der Waals surface area contributed by atoms with Crippen LogP contribution in [0.25, 0.3) is 0 Å². The van der Waals surface area contributed by atoms with E-state index in [9.17, 15) is 89.2 Å². The number of ether oxygens (including phenoxy) is 9. The van der Waals surface area contributed by atoms with E-state index in [4.69, 9.17) is 59.0 Å². The van der Waals surface area contributed by atoms with E-state index in [0.29, 0.717) is 25.7 Å². The van der Waals surface area contributed by atoms with Gasteiger partial charge in [-0.15, -0.1) is 0 Å². The van der Waals surface area contributed by atoms with Crippen molar-refractivity contribution in [3.05, 3.63) is 0 Å². The highest BCUT2D eigenvalue weighted by Gasteiger charge is 2.50. The normalized spacial score (nSPS) is 29.8. The largest absolute Gasteiger partial charge is 0.394 e. The lowest BCUT2D eigenvalue weighted by atomic mass is 9.85. The number of amides is 8. The highest BCUT2D eigenvalue weighted by atomic mass is 32.5. The molecule has 0 spiro atoms. The Hall–Kier alpha value is -4.39. The fourth-order valence-corrected chi connectivity index (χ4v) is 11.9. The molecule has 0 radical (unpaired) electrons. The lowest BCUT2D eigenvalue weighted by Gasteiger charge is -2.46. The summed E-state index contributed by atoms with van der Waals surface area (Å²) in [6, 6.07) is -6.22. The molecule has 0 aromatic carbocycles. The molecule has 0 bridgehead atoms. The number of rotatable bonds is 42. The van der Waals surface area contributed by atoms with Crippen molar-refractivity contribution in [2.45, 2.75) is 202 Å². The Labute approximate surface area is 555 Å². The predicted octanol–water partition coefficient (Wildman–Crippen LogP) is -7.53. The summed E-state index contributed by atoms with van der Waals surface area (Å²) in [4.78, 5) is 115. The van der Waals surface area contributed by atoms with Crippen molar-refractivity contribution in [1.29, 1.82) is 0 Å². The maximum absolute atomic E-state index is 13.9. The van der Waals surface area contributed by atoms with Gasteiger partial charge in [-0.05, 0) is 50.3 Å². The van der Waals surface area contributed by atoms with Gasteiger partial charge in [-0.3, -0.25) is 38.4 Å². The second kappa shape index (κ2) is 42.5. The van der Waals surface area contributed by atoms with Gasteiger partial charge in [0.2, 0.25) is 47.3 Å². The molecule has 4 aliphatic rings. The molecule has 3 saturated heterocycles. The third-order valence-electron chi connectivity index (χ3n) is 15.9. The molecule has 18 N–H and O–H groups in total. The van der Waals surface area contributed by atoms with E-state index in [1.54, 1.807) is 13.8 Å². The molecule has 8 amide bonds. The Morgan fingerprint density at radius 3 is 1.43 bits per heavy atom. The monoisotopic (exact) mass is 1410 g/mol. The van der Waals surface area contributed by atoms with Crippen molar-refractivity contribution >= 4 is 65.6 Å². The van der Waals surface area contributed by atoms with Gasteiger partial charge in [-0.25, -0.2) is 0 Å². The molecular weight excluding hydrogens is 1310 g/mol. The van der Waals surface area contributed by atoms with Crippen LogP contribution in [0.3, 0.4) is 0 Å². The van der Waals surface area contributed by atoms with E-state index in [1.807, 2.05) is 0 Å². The highest BCUT2D eigenvalue weighted by molar-refractivity contribution is 8.09. The maximum Gasteiger partial charge on any atom is 0.242 e. The molecule has 4 fully saturated rings. The number of carbonyl (C=O) groups is 8. The zero-order valence-electron chi connectivity index (χ0n) is 54.2. The van der Waals surface area contributed by atoms with Crippen LogP contribution in [-0.4, -0.2) is 313 Å². The summed E-state index contributed by atoms with van der Waals surface area (Å²) in [5, 5.41) is 112. The molecule has 17 atom stereocenters. The molecule has 17 unspecified atom stereocenters. The van der Waals surface area contributed by atoms with Crippen LogP contribution in [0, 0.1) is 5.92 Å². The standard InChI is InChI=1S/C57H101N8O28PS/c1-31(2)94(83,95)93-36-8-6-35(7-9-36)51(79)65-39(53(81)60-16-19-86-22-25-89-56-50(63-34(5)72)57(82,30-69)26-37(27-66)90-56)11-13-43(74)64-38(52(80)59-15-18-85-21-24-88-55-45(62-33(4)71)49(78)47(76)41(29-68)92-55)10-12-42(73)58-14-17-84-20-23-87-54-44(61-32(3)70)48(77)46(75)40(28-67)91-54/h31,35-41,44-50,54-56,66-69,75-78,82H,6-30H2,1-5H3,(H,58,73)(H,59,80)(H,60,81)(H,61,70)(H,62,71)(H,63,72)(H,64,74)(H,65,79)(H,83,95). The second-order valence-corrected chi connectivity index (χ2v) is 27.6. The second-order valence-electron chi connectivity index (χ2n) is 23.7. The van der Waals surface area contributed by atoms with Crippen molar-refractivity contribution in [3.63, 3.8) is 0 Å². The van der Waals surface area contributed by atoms with Crippen LogP contribution in [0.1, 0.15) is 92.4 Å². The van der Waals surface area contributed by atoms with E-state index in [1.165, 1.54) is 20.8 Å². The SMILES string of the molecule is CC(=O)NC1C(OCCOCCNC(=O)CCC(NC(=O)CCC(NC(=O)C2CCC(OP(O)(=S)C(C)C)CC2)C(=O)NCCOCCOC2OC(CO)CC(O)(CO)C2NC(C)=O)C(=O)NCCOCCOC2OC(CO)C(O)C(O)C2NC(C)=O)OC(CO)C(O)C1O. The lowest BCUT2D eigenvalue weighted by molar-refractivity contribution is -0.272. The Balaban J connectivity index is 1.37. The minimum Gasteiger partial charge on any atom is -0.394 e. The van der Waals surface area contributed by atoms with Crippen LogP contribution < -0.4 is 42.5 Å². The first kappa shape index (κ1) is 83.0. The highest BCUT2D eigenvalue weighted by Crippen LogP contribution is 2.50. The summed E-state index contributed by atoms with van der Waals surface area (Å²) in [5.74, 6) is -5.44. The molecule has 0 aromatic heterocycles. The van der Waals surface area contributed by atoms with E-state index >= 15 is 0 Å². The van der Waals surface area contributed by atoms with Gasteiger partial charge >= 0.3 is 0 Å². The number of aliphatic hydroxyl groups is 9. The van der Waals surface area contributed by atoms with E-state index in [-0.39, 0.29) is 117 Å². The fourth-order valence-electron chi connectivity index (χ4n) is 10.6. The van der Waals surface area contributed by atoms with E-state index in [2.05, 4.69) is 42.5 Å². The minimum absolute atomic E-state index is 0.0234. The summed E-state index contributed by atoms with van der Waals surface area (Å²) in [6.45, 7) is 0.196. The van der Waals surface area contributed by atoms with Crippen molar-refractivity contribution in [1.82, 2.24) is 42.5 Å². The maximum atomic E-state index is 13.9. The molecule has 95 heavy (non-hydrogen) atoms. The van der Waals surface area contributed by atoms with E-state index < -0.39 is 190 Å². The van der Waals surface area contributed by atoms with Crippen LogP contribution in [0.2, 0.25) is 0 Å². The van der Waals surface area contributed by atoms with Gasteiger partial charge in [0.1, 0.15) is 72.4 Å². The molecule has 36 nitrogen and oxygen atoms in total. The van der Waals surface area contributed by atoms with Crippen LogP contribution in [0.5, 0.6) is 0 Å². The topological polar surface area (TPSA) is 527 Å². The molecular formula is C57H101N8O28PS. The van der Waals surface area contributed by atoms with Gasteiger partial charge < -0.3 is 141 Å². The molecule has 1 aliphatic carbocycles. The number of aliphatic hydroxyl groups excluding tert-OH is 8. The quantitative estimate of drug-likeness (QED) is 0.0199. The van der Waals surface area contributed by atoms with Gasteiger partial charge in [0.15, 0.2) is 25.4 Å². The van der Waals surface area contributed by atoms with Gasteiger partial charge in [-0.2, -0.15) is 0 Å². The van der Waals surface area contributed by atoms with Gasteiger partial charge in [0.05, 0.1) is 98.1 Å². The molecule has 38 heteroatoms. The van der Waals surface area contributed by atoms with Gasteiger partial charge in [0.25, 0.3) is 0 Å². The summed E-state index contributed by atoms with van der Waals surface area (Å²) in [7, 11) is 0. The summed E-state index contributed by atoms with van der Waals surface area (Å²) in [5.41, 5.74) is -2.16. The van der Waals surface area contributed by atoms with Crippen molar-refractivity contribution in [2.75, 3.05) is 106 Å². The number of hydrogen-bond acceptors (Lipinski definition) is 28. The summed E-state index contributed by atoms with van der Waals surface area (Å²) >= 11 is 5.32. The molecule has 3 aliphatic heterocycles. The Bertz CT molecular complexity index is 2450. The summed E-state index contributed by atoms with van der Waals surface area (Å²) in [6.07, 6.45) is -13.6. The molecule has 4 rings (SSSR count). The Morgan fingerprint density at radius 1 is 0.558 bits per heavy atom. The third-order valence-corrected chi connectivity index (χ3v) is 19.3. The van der Waals surface area contributed by atoms with Gasteiger partial charge in [-0.1, -0.05) is 13.8 Å². The van der Waals surface area contributed by atoms with Crippen LogP contribution in [-0.2, 0) is 97.3 Å². The molecule has 1 saturated carbocycles. The van der Waals surface area contributed by atoms with Gasteiger partial charge in [0, 0.05) is 71.2 Å². The molecule has 548 valence electrons. The third kappa shape index (κ3) is 28.0. The molecule has 0 aromatic rings. The zero-order chi connectivity index (χ0) is 70.4. The van der Waals surface area contributed by atoms with Crippen molar-refractivity contribution in [2.24, 2.45) is 5.92 Å². The smallest absolute Gasteiger partial charge is 0.242 e. The lowest BCUT2D eigenvalue weighted by Crippen LogP contribution is -2.66. The van der Waals surface area contributed by atoms with Crippen LogP contribution >= 0.6 is 6.49 Å².